The van der Waals surface area contributed by atoms with E-state index < -0.39 is 6.61 Å². The van der Waals surface area contributed by atoms with Crippen LogP contribution in [-0.4, -0.2) is 24.2 Å². The summed E-state index contributed by atoms with van der Waals surface area (Å²) in [6.45, 7) is -2.48. The minimum absolute atomic E-state index is 0.0755. The molecular weight excluding hydrogens is 292 g/mol. The molecule has 0 bridgehead atoms. The van der Waals surface area contributed by atoms with Gasteiger partial charge in [-0.1, -0.05) is 24.3 Å². The molecule has 0 spiro atoms. The topological polar surface area (TPSA) is 58.6 Å². The predicted octanol–water partition coefficient (Wildman–Crippen LogP) is 2.97. The maximum absolute atomic E-state index is 12.0. The number of ether oxygens (including phenoxy) is 1. The third-order valence-electron chi connectivity index (χ3n) is 3.00. The van der Waals surface area contributed by atoms with Gasteiger partial charge in [0.05, 0.1) is 5.56 Å². The van der Waals surface area contributed by atoms with Gasteiger partial charge in [0.15, 0.2) is 0 Å². The van der Waals surface area contributed by atoms with Crippen LogP contribution in [0.2, 0.25) is 0 Å². The van der Waals surface area contributed by atoms with Crippen LogP contribution in [0.4, 0.5) is 8.78 Å². The van der Waals surface area contributed by atoms with E-state index in [0.29, 0.717) is 13.0 Å². The lowest BCUT2D eigenvalue weighted by Crippen LogP contribution is -2.25. The Morgan fingerprint density at radius 1 is 1.14 bits per heavy atom. The van der Waals surface area contributed by atoms with Crippen molar-refractivity contribution in [3.8, 4) is 11.5 Å². The van der Waals surface area contributed by atoms with Crippen molar-refractivity contribution in [3.63, 3.8) is 0 Å². The number of aromatic hydroxyl groups is 1. The average molecular weight is 307 g/mol. The average Bonchev–Trinajstić information content (AvgIpc) is 2.49. The SMILES string of the molecule is O=C(NCCc1ccc(OC(F)F)cc1)c1ccccc1O. The Morgan fingerprint density at radius 3 is 2.45 bits per heavy atom. The van der Waals surface area contributed by atoms with Crippen molar-refractivity contribution < 1.29 is 23.4 Å². The standard InChI is InChI=1S/C16H15F2NO3/c17-16(18)22-12-7-5-11(6-8-12)9-10-19-15(21)13-3-1-2-4-14(13)20/h1-8,16,20H,9-10H2,(H,19,21). The minimum Gasteiger partial charge on any atom is -0.507 e. The van der Waals surface area contributed by atoms with Crippen LogP contribution >= 0.6 is 0 Å². The Hall–Kier alpha value is -2.63. The summed E-state index contributed by atoms with van der Waals surface area (Å²) in [5, 5.41) is 12.2. The molecule has 2 N–H and O–H groups in total. The number of carbonyl (C=O) groups excluding carboxylic acids is 1. The summed E-state index contributed by atoms with van der Waals surface area (Å²) in [7, 11) is 0. The van der Waals surface area contributed by atoms with Crippen LogP contribution in [0.1, 0.15) is 15.9 Å². The third kappa shape index (κ3) is 4.44. The first-order chi connectivity index (χ1) is 10.6. The number of phenols is 1. The van der Waals surface area contributed by atoms with Crippen molar-refractivity contribution in [2.24, 2.45) is 0 Å². The van der Waals surface area contributed by atoms with Gasteiger partial charge in [-0.3, -0.25) is 4.79 Å². The molecule has 0 atom stereocenters. The van der Waals surface area contributed by atoms with Crippen LogP contribution in [0.3, 0.4) is 0 Å². The maximum atomic E-state index is 12.0. The summed E-state index contributed by atoms with van der Waals surface area (Å²) in [6.07, 6.45) is 0.536. The molecule has 116 valence electrons. The number of amides is 1. The summed E-state index contributed by atoms with van der Waals surface area (Å²) >= 11 is 0. The number of hydrogen-bond acceptors (Lipinski definition) is 3. The highest BCUT2D eigenvalue weighted by Gasteiger charge is 2.09. The van der Waals surface area contributed by atoms with Crippen molar-refractivity contribution in [2.45, 2.75) is 13.0 Å². The number of alkyl halides is 2. The van der Waals surface area contributed by atoms with E-state index in [9.17, 15) is 18.7 Å². The monoisotopic (exact) mass is 307 g/mol. The molecule has 0 fully saturated rings. The molecule has 22 heavy (non-hydrogen) atoms. The first kappa shape index (κ1) is 15.8. The first-order valence-corrected chi connectivity index (χ1v) is 6.66. The predicted molar refractivity (Wildman–Crippen MR) is 77.2 cm³/mol. The van der Waals surface area contributed by atoms with Crippen molar-refractivity contribution in [2.75, 3.05) is 6.54 Å². The van der Waals surface area contributed by atoms with Gasteiger partial charge in [0.1, 0.15) is 11.5 Å². The molecule has 1 amide bonds. The Bertz CT molecular complexity index is 630. The normalized spacial score (nSPS) is 10.5. The molecule has 0 heterocycles. The van der Waals surface area contributed by atoms with E-state index in [1.165, 1.54) is 24.3 Å². The van der Waals surface area contributed by atoms with E-state index in [1.54, 1.807) is 24.3 Å². The van der Waals surface area contributed by atoms with Gasteiger partial charge in [0, 0.05) is 6.54 Å². The molecule has 0 aliphatic carbocycles. The number of hydrogen-bond donors (Lipinski definition) is 2. The van der Waals surface area contributed by atoms with Gasteiger partial charge >= 0.3 is 6.61 Å². The molecule has 0 saturated heterocycles. The van der Waals surface area contributed by atoms with Crippen LogP contribution in [0.25, 0.3) is 0 Å². The van der Waals surface area contributed by atoms with Crippen LogP contribution in [0.5, 0.6) is 11.5 Å². The lowest BCUT2D eigenvalue weighted by Gasteiger charge is -2.08. The number of carbonyl (C=O) groups is 1. The van der Waals surface area contributed by atoms with Crippen LogP contribution < -0.4 is 10.1 Å². The third-order valence-corrected chi connectivity index (χ3v) is 3.00. The zero-order valence-electron chi connectivity index (χ0n) is 11.6. The molecule has 0 aliphatic rings. The summed E-state index contributed by atoms with van der Waals surface area (Å²) in [5.74, 6) is -0.346. The highest BCUT2D eigenvalue weighted by molar-refractivity contribution is 5.96. The van der Waals surface area contributed by atoms with Crippen molar-refractivity contribution in [1.82, 2.24) is 5.32 Å². The second-order valence-electron chi connectivity index (χ2n) is 4.55. The van der Waals surface area contributed by atoms with Gasteiger partial charge in [0.2, 0.25) is 0 Å². The Balaban J connectivity index is 1.83. The molecule has 2 aromatic rings. The number of halogens is 2. The van der Waals surface area contributed by atoms with Crippen LogP contribution in [0, 0.1) is 0 Å². The van der Waals surface area contributed by atoms with Gasteiger partial charge in [-0.05, 0) is 36.2 Å². The molecule has 6 heteroatoms. The van der Waals surface area contributed by atoms with Gasteiger partial charge < -0.3 is 15.2 Å². The highest BCUT2D eigenvalue weighted by Crippen LogP contribution is 2.16. The number of phenolic OH excluding ortho intramolecular Hbond substituents is 1. The van der Waals surface area contributed by atoms with E-state index in [4.69, 9.17) is 0 Å². The Labute approximate surface area is 126 Å². The fourth-order valence-corrected chi connectivity index (χ4v) is 1.92. The Morgan fingerprint density at radius 2 is 1.82 bits per heavy atom. The molecule has 0 aromatic heterocycles. The summed E-state index contributed by atoms with van der Waals surface area (Å²) in [6, 6.07) is 12.5. The van der Waals surface area contributed by atoms with E-state index in [2.05, 4.69) is 10.1 Å². The fraction of sp³-hybridized carbons (Fsp3) is 0.188. The molecule has 0 radical (unpaired) electrons. The number of nitrogens with one attached hydrogen (secondary N) is 1. The van der Waals surface area contributed by atoms with Gasteiger partial charge in [-0.15, -0.1) is 0 Å². The lowest BCUT2D eigenvalue weighted by molar-refractivity contribution is -0.0498. The van der Waals surface area contributed by atoms with E-state index in [-0.39, 0.29) is 23.0 Å². The minimum atomic E-state index is -2.84. The molecule has 2 aromatic carbocycles. The molecule has 0 saturated carbocycles. The van der Waals surface area contributed by atoms with E-state index in [1.807, 2.05) is 0 Å². The zero-order valence-corrected chi connectivity index (χ0v) is 11.6. The quantitative estimate of drug-likeness (QED) is 0.862. The van der Waals surface area contributed by atoms with Gasteiger partial charge in [0.25, 0.3) is 5.91 Å². The van der Waals surface area contributed by atoms with Crippen LogP contribution in [-0.2, 0) is 6.42 Å². The summed E-state index contributed by atoms with van der Waals surface area (Å²) < 4.78 is 28.3. The molecule has 2 rings (SSSR count). The molecule has 0 aliphatic heterocycles. The zero-order chi connectivity index (χ0) is 15.9. The smallest absolute Gasteiger partial charge is 0.387 e. The largest absolute Gasteiger partial charge is 0.507 e. The van der Waals surface area contributed by atoms with Crippen molar-refractivity contribution in [3.05, 3.63) is 59.7 Å². The van der Waals surface area contributed by atoms with Crippen molar-refractivity contribution in [1.29, 1.82) is 0 Å². The summed E-state index contributed by atoms with van der Waals surface area (Å²) in [5.41, 5.74) is 1.09. The summed E-state index contributed by atoms with van der Waals surface area (Å²) in [4.78, 5) is 11.9. The second-order valence-corrected chi connectivity index (χ2v) is 4.55. The molecule has 0 unspecified atom stereocenters. The lowest BCUT2D eigenvalue weighted by atomic mass is 10.1. The fourth-order valence-electron chi connectivity index (χ4n) is 1.92. The van der Waals surface area contributed by atoms with E-state index in [0.717, 1.165) is 5.56 Å². The first-order valence-electron chi connectivity index (χ1n) is 6.66. The van der Waals surface area contributed by atoms with Crippen LogP contribution in [0.15, 0.2) is 48.5 Å². The number of para-hydroxylation sites is 1. The maximum Gasteiger partial charge on any atom is 0.387 e. The number of rotatable bonds is 6. The van der Waals surface area contributed by atoms with Gasteiger partial charge in [-0.25, -0.2) is 0 Å². The van der Waals surface area contributed by atoms with Gasteiger partial charge in [-0.2, -0.15) is 8.78 Å². The Kier molecular flexibility index (Phi) is 5.30. The van der Waals surface area contributed by atoms with Crippen molar-refractivity contribution >= 4 is 5.91 Å². The molecule has 4 nitrogen and oxygen atoms in total. The molecular formula is C16H15F2NO3. The number of benzene rings is 2. The highest BCUT2D eigenvalue weighted by atomic mass is 19.3. The second kappa shape index (κ2) is 7.40. The van der Waals surface area contributed by atoms with E-state index >= 15 is 0 Å².